The SMILES string of the molecule is O=C(NC1CCCCC1)C(c1ccco1)N(C(=O)c1csnn1)c1ccc(F)cc1. The minimum Gasteiger partial charge on any atom is -0.467 e. The van der Waals surface area contributed by atoms with Gasteiger partial charge in [0.15, 0.2) is 11.7 Å². The van der Waals surface area contributed by atoms with E-state index < -0.39 is 17.8 Å². The van der Waals surface area contributed by atoms with Crippen molar-refractivity contribution in [3.05, 3.63) is 65.3 Å². The number of aromatic nitrogens is 2. The van der Waals surface area contributed by atoms with Crippen molar-refractivity contribution in [1.29, 1.82) is 0 Å². The van der Waals surface area contributed by atoms with Gasteiger partial charge in [-0.1, -0.05) is 23.8 Å². The van der Waals surface area contributed by atoms with Crippen molar-refractivity contribution in [2.24, 2.45) is 0 Å². The van der Waals surface area contributed by atoms with E-state index in [2.05, 4.69) is 14.9 Å². The minimum absolute atomic E-state index is 0.0508. The predicted molar refractivity (Wildman–Crippen MR) is 110 cm³/mol. The van der Waals surface area contributed by atoms with Crippen molar-refractivity contribution in [1.82, 2.24) is 14.9 Å². The zero-order chi connectivity index (χ0) is 20.9. The second kappa shape index (κ2) is 9.17. The molecule has 4 rings (SSSR count). The molecule has 7 nitrogen and oxygen atoms in total. The third kappa shape index (κ3) is 4.40. The van der Waals surface area contributed by atoms with Gasteiger partial charge in [0.25, 0.3) is 11.8 Å². The Morgan fingerprint density at radius 1 is 1.17 bits per heavy atom. The molecular formula is C21H21FN4O3S. The first-order valence-corrected chi connectivity index (χ1v) is 10.7. The van der Waals surface area contributed by atoms with Crippen molar-refractivity contribution >= 4 is 29.0 Å². The normalized spacial score (nSPS) is 15.5. The fraction of sp³-hybridized carbons (Fsp3) is 0.333. The molecule has 1 saturated carbocycles. The molecule has 0 aliphatic heterocycles. The first-order chi connectivity index (χ1) is 14.6. The van der Waals surface area contributed by atoms with Crippen molar-refractivity contribution in [3.63, 3.8) is 0 Å². The van der Waals surface area contributed by atoms with Crippen LogP contribution in [0.15, 0.2) is 52.5 Å². The summed E-state index contributed by atoms with van der Waals surface area (Å²) in [5.74, 6) is -1.000. The van der Waals surface area contributed by atoms with Crippen LogP contribution in [0.3, 0.4) is 0 Å². The smallest absolute Gasteiger partial charge is 0.280 e. The van der Waals surface area contributed by atoms with Gasteiger partial charge in [0, 0.05) is 17.1 Å². The van der Waals surface area contributed by atoms with E-state index in [1.165, 1.54) is 40.8 Å². The largest absolute Gasteiger partial charge is 0.467 e. The van der Waals surface area contributed by atoms with Gasteiger partial charge >= 0.3 is 0 Å². The predicted octanol–water partition coefficient (Wildman–Crippen LogP) is 4.11. The number of hydrogen-bond acceptors (Lipinski definition) is 6. The number of benzene rings is 1. The number of nitrogens with zero attached hydrogens (tertiary/aromatic N) is 3. The molecule has 1 aliphatic carbocycles. The molecule has 1 unspecified atom stereocenters. The minimum atomic E-state index is -1.07. The van der Waals surface area contributed by atoms with E-state index in [1.54, 1.807) is 12.1 Å². The van der Waals surface area contributed by atoms with Crippen LogP contribution in [0.2, 0.25) is 0 Å². The first-order valence-electron chi connectivity index (χ1n) is 9.83. The number of furan rings is 1. The third-order valence-corrected chi connectivity index (χ3v) is 5.68. The van der Waals surface area contributed by atoms with E-state index in [-0.39, 0.29) is 17.6 Å². The molecule has 30 heavy (non-hydrogen) atoms. The van der Waals surface area contributed by atoms with Crippen LogP contribution in [0.4, 0.5) is 10.1 Å². The van der Waals surface area contributed by atoms with E-state index >= 15 is 0 Å². The molecule has 0 saturated heterocycles. The number of carbonyl (C=O) groups excluding carboxylic acids is 2. The van der Waals surface area contributed by atoms with E-state index in [0.717, 1.165) is 43.6 Å². The first kappa shape index (κ1) is 20.2. The highest BCUT2D eigenvalue weighted by Crippen LogP contribution is 2.31. The lowest BCUT2D eigenvalue weighted by atomic mass is 9.95. The quantitative estimate of drug-likeness (QED) is 0.638. The Morgan fingerprint density at radius 2 is 1.93 bits per heavy atom. The number of anilines is 1. The molecule has 1 aromatic carbocycles. The Kier molecular flexibility index (Phi) is 6.18. The second-order valence-corrected chi connectivity index (χ2v) is 7.81. The summed E-state index contributed by atoms with van der Waals surface area (Å²) < 4.78 is 22.8. The molecule has 156 valence electrons. The third-order valence-electron chi connectivity index (χ3n) is 5.17. The molecular weight excluding hydrogens is 407 g/mol. The number of hydrogen-bond donors (Lipinski definition) is 1. The highest BCUT2D eigenvalue weighted by atomic mass is 32.1. The number of carbonyl (C=O) groups is 2. The summed E-state index contributed by atoms with van der Waals surface area (Å²) >= 11 is 1.04. The van der Waals surface area contributed by atoms with E-state index in [9.17, 15) is 14.0 Å². The van der Waals surface area contributed by atoms with E-state index in [4.69, 9.17) is 4.42 Å². The summed E-state index contributed by atoms with van der Waals surface area (Å²) in [4.78, 5) is 28.0. The molecule has 2 aromatic heterocycles. The number of amides is 2. The number of rotatable bonds is 6. The van der Waals surface area contributed by atoms with Crippen LogP contribution in [-0.2, 0) is 4.79 Å². The Morgan fingerprint density at radius 3 is 2.57 bits per heavy atom. The van der Waals surface area contributed by atoms with E-state index in [0.29, 0.717) is 11.4 Å². The van der Waals surface area contributed by atoms with Crippen LogP contribution < -0.4 is 10.2 Å². The molecule has 1 atom stereocenters. The summed E-state index contributed by atoms with van der Waals surface area (Å²) in [6, 6.07) is 7.69. The van der Waals surface area contributed by atoms with Crippen molar-refractivity contribution in [2.45, 2.75) is 44.2 Å². The summed E-state index contributed by atoms with van der Waals surface area (Å²) in [6.45, 7) is 0. The molecule has 3 aromatic rings. The maximum Gasteiger partial charge on any atom is 0.280 e. The Balaban J connectivity index is 1.73. The molecule has 1 aliphatic rings. The fourth-order valence-electron chi connectivity index (χ4n) is 3.71. The lowest BCUT2D eigenvalue weighted by Crippen LogP contribution is -2.47. The van der Waals surface area contributed by atoms with Gasteiger partial charge in [0.05, 0.1) is 6.26 Å². The van der Waals surface area contributed by atoms with E-state index in [1.807, 2.05) is 0 Å². The van der Waals surface area contributed by atoms with Gasteiger partial charge in [-0.15, -0.1) is 5.10 Å². The van der Waals surface area contributed by atoms with Crippen LogP contribution in [0.1, 0.15) is 54.4 Å². The van der Waals surface area contributed by atoms with Gasteiger partial charge < -0.3 is 9.73 Å². The van der Waals surface area contributed by atoms with Gasteiger partial charge in [0.1, 0.15) is 11.6 Å². The average molecular weight is 428 g/mol. The van der Waals surface area contributed by atoms with Crippen molar-refractivity contribution in [2.75, 3.05) is 4.90 Å². The molecule has 2 heterocycles. The van der Waals surface area contributed by atoms with Crippen LogP contribution in [-0.4, -0.2) is 27.4 Å². The van der Waals surface area contributed by atoms with Crippen LogP contribution in [0.25, 0.3) is 0 Å². The van der Waals surface area contributed by atoms with Gasteiger partial charge in [-0.05, 0) is 60.8 Å². The molecule has 9 heteroatoms. The summed E-state index contributed by atoms with van der Waals surface area (Å²) in [5, 5.41) is 8.44. The zero-order valence-corrected chi connectivity index (χ0v) is 17.0. The Hall–Kier alpha value is -3.07. The molecule has 2 amide bonds. The molecule has 0 spiro atoms. The lowest BCUT2D eigenvalue weighted by Gasteiger charge is -2.31. The average Bonchev–Trinajstić information content (AvgIpc) is 3.47. The summed E-state index contributed by atoms with van der Waals surface area (Å²) in [7, 11) is 0. The Labute approximate surface area is 177 Å². The van der Waals surface area contributed by atoms with Crippen LogP contribution >= 0.6 is 11.5 Å². The standard InChI is InChI=1S/C21H21FN4O3S/c22-14-8-10-16(11-9-14)26(21(28)17-13-30-25-24-17)19(18-7-4-12-29-18)20(27)23-15-5-2-1-3-6-15/h4,7-13,15,19H,1-3,5-6H2,(H,23,27). The topological polar surface area (TPSA) is 88.3 Å². The van der Waals surface area contributed by atoms with Crippen molar-refractivity contribution in [3.8, 4) is 0 Å². The highest BCUT2D eigenvalue weighted by Gasteiger charge is 2.37. The molecule has 1 N–H and O–H groups in total. The lowest BCUT2D eigenvalue weighted by molar-refractivity contribution is -0.123. The van der Waals surface area contributed by atoms with Gasteiger partial charge in [-0.3, -0.25) is 14.5 Å². The molecule has 0 bridgehead atoms. The Bertz CT molecular complexity index is 970. The monoisotopic (exact) mass is 428 g/mol. The maximum absolute atomic E-state index is 13.5. The fourth-order valence-corrected chi connectivity index (χ4v) is 4.14. The van der Waals surface area contributed by atoms with Crippen molar-refractivity contribution < 1.29 is 18.4 Å². The number of halogens is 1. The van der Waals surface area contributed by atoms with Gasteiger partial charge in [-0.2, -0.15) is 0 Å². The molecule has 1 fully saturated rings. The number of nitrogens with one attached hydrogen (secondary N) is 1. The summed E-state index contributed by atoms with van der Waals surface area (Å²) in [6.07, 6.45) is 6.52. The van der Waals surface area contributed by atoms with Gasteiger partial charge in [-0.25, -0.2) is 4.39 Å². The second-order valence-electron chi connectivity index (χ2n) is 7.20. The zero-order valence-electron chi connectivity index (χ0n) is 16.2. The maximum atomic E-state index is 13.5. The summed E-state index contributed by atoms with van der Waals surface area (Å²) in [5.41, 5.74) is 0.459. The highest BCUT2D eigenvalue weighted by molar-refractivity contribution is 7.03. The van der Waals surface area contributed by atoms with Gasteiger partial charge in [0.2, 0.25) is 0 Å². The van der Waals surface area contributed by atoms with Crippen LogP contribution in [0, 0.1) is 5.82 Å². The van der Waals surface area contributed by atoms with Crippen LogP contribution in [0.5, 0.6) is 0 Å². The molecule has 0 radical (unpaired) electrons.